The number of anilines is 1. The zero-order chi connectivity index (χ0) is 14.6. The lowest BCUT2D eigenvalue weighted by Crippen LogP contribution is -2.20. The number of nitrogens with one attached hydrogen (secondary N) is 1. The molecular weight excluding hydrogens is 281 g/mol. The van der Waals surface area contributed by atoms with Gasteiger partial charge in [-0.2, -0.15) is 13.2 Å². The summed E-state index contributed by atoms with van der Waals surface area (Å²) in [7, 11) is 1.30. The van der Waals surface area contributed by atoms with E-state index in [1.54, 1.807) is 0 Å². The summed E-state index contributed by atoms with van der Waals surface area (Å²) in [5, 5.41) is 2.27. The highest BCUT2D eigenvalue weighted by Gasteiger charge is 2.34. The molecule has 0 radical (unpaired) electrons. The number of nitrogens with two attached hydrogens (primary N) is 1. The zero-order valence-corrected chi connectivity index (χ0v) is 10.7. The van der Waals surface area contributed by atoms with Gasteiger partial charge in [-0.15, -0.1) is 0 Å². The fourth-order valence-electron chi connectivity index (χ4n) is 1.40. The maximum Gasteiger partial charge on any atom is 0.417 e. The molecule has 3 N–H and O–H groups in total. The fourth-order valence-corrected chi connectivity index (χ4v) is 1.58. The Balaban J connectivity index is 3.12. The molecule has 1 amide bonds. The highest BCUT2D eigenvalue weighted by atomic mass is 32.1. The summed E-state index contributed by atoms with van der Waals surface area (Å²) in [5.41, 5.74) is 3.95. The van der Waals surface area contributed by atoms with Gasteiger partial charge in [0.1, 0.15) is 11.6 Å². The van der Waals surface area contributed by atoms with E-state index in [2.05, 4.69) is 22.3 Å². The summed E-state index contributed by atoms with van der Waals surface area (Å²) in [4.78, 5) is 10.9. The van der Waals surface area contributed by atoms with Crippen LogP contribution < -0.4 is 11.1 Å². The number of thiocarbonyl (C=S) groups is 1. The molecule has 1 rings (SSSR count). The van der Waals surface area contributed by atoms with E-state index in [0.717, 1.165) is 12.1 Å². The number of hydrogen-bond donors (Lipinski definition) is 2. The topological polar surface area (TPSA) is 64.3 Å². The molecule has 0 spiro atoms. The molecule has 1 aromatic carbocycles. The molecule has 4 nitrogen and oxygen atoms in total. The van der Waals surface area contributed by atoms with Gasteiger partial charge in [0.05, 0.1) is 5.56 Å². The Labute approximate surface area is 112 Å². The van der Waals surface area contributed by atoms with Crippen LogP contribution >= 0.6 is 12.2 Å². The zero-order valence-electron chi connectivity index (χ0n) is 9.88. The average molecular weight is 292 g/mol. The van der Waals surface area contributed by atoms with Crippen LogP contribution in [0, 0.1) is 0 Å². The number of halogens is 3. The number of methoxy groups -OCH3 is 1. The summed E-state index contributed by atoms with van der Waals surface area (Å²) in [6.45, 7) is -0.252. The van der Waals surface area contributed by atoms with E-state index in [0.29, 0.717) is 0 Å². The van der Waals surface area contributed by atoms with Crippen LogP contribution in [0.5, 0.6) is 0 Å². The lowest BCUT2D eigenvalue weighted by molar-refractivity contribution is -0.137. The molecule has 0 fully saturated rings. The number of amides is 1. The van der Waals surface area contributed by atoms with Gasteiger partial charge in [0.2, 0.25) is 5.91 Å². The highest BCUT2D eigenvalue weighted by molar-refractivity contribution is 7.80. The van der Waals surface area contributed by atoms with Crippen molar-refractivity contribution >= 4 is 28.8 Å². The molecular formula is C11H11F3N2O2S. The van der Waals surface area contributed by atoms with Crippen LogP contribution in [0.2, 0.25) is 0 Å². The molecule has 0 saturated heterocycles. The largest absolute Gasteiger partial charge is 0.417 e. The number of carbonyl (C=O) groups excluding carboxylic acids is 1. The number of alkyl halides is 3. The number of ether oxygens (including phenoxy) is 1. The first-order chi connectivity index (χ1) is 8.75. The third-order valence-electron chi connectivity index (χ3n) is 2.15. The summed E-state index contributed by atoms with van der Waals surface area (Å²) in [5.74, 6) is -0.557. The molecule has 0 aliphatic carbocycles. The van der Waals surface area contributed by atoms with Crippen LogP contribution in [-0.4, -0.2) is 24.6 Å². The molecule has 0 aliphatic heterocycles. The molecule has 19 heavy (non-hydrogen) atoms. The molecule has 1 aromatic rings. The van der Waals surface area contributed by atoms with Crippen molar-refractivity contribution in [3.63, 3.8) is 0 Å². The Hall–Kier alpha value is -1.67. The summed E-state index contributed by atoms with van der Waals surface area (Å²) in [6.07, 6.45) is -4.61. The highest BCUT2D eigenvalue weighted by Crippen LogP contribution is 2.33. The van der Waals surface area contributed by atoms with Crippen LogP contribution in [0.1, 0.15) is 11.1 Å². The Morgan fingerprint density at radius 3 is 2.58 bits per heavy atom. The summed E-state index contributed by atoms with van der Waals surface area (Å²) >= 11 is 4.56. The lowest BCUT2D eigenvalue weighted by Gasteiger charge is -2.14. The summed E-state index contributed by atoms with van der Waals surface area (Å²) in [6, 6.07) is 3.19. The predicted molar refractivity (Wildman–Crippen MR) is 67.8 cm³/mol. The quantitative estimate of drug-likeness (QED) is 0.832. The number of hydrogen-bond acceptors (Lipinski definition) is 3. The van der Waals surface area contributed by atoms with Gasteiger partial charge in [0, 0.05) is 18.4 Å². The van der Waals surface area contributed by atoms with E-state index >= 15 is 0 Å². The van der Waals surface area contributed by atoms with E-state index in [-0.39, 0.29) is 22.8 Å². The van der Waals surface area contributed by atoms with Crippen molar-refractivity contribution in [2.45, 2.75) is 6.18 Å². The molecule has 104 valence electrons. The van der Waals surface area contributed by atoms with Crippen molar-refractivity contribution in [2.24, 2.45) is 5.73 Å². The molecule has 0 aromatic heterocycles. The van der Waals surface area contributed by atoms with Crippen molar-refractivity contribution in [2.75, 3.05) is 19.0 Å². The second kappa shape index (κ2) is 5.98. The van der Waals surface area contributed by atoms with Gasteiger partial charge in [-0.3, -0.25) is 4.79 Å². The fraction of sp³-hybridized carbons (Fsp3) is 0.273. The van der Waals surface area contributed by atoms with E-state index in [9.17, 15) is 18.0 Å². The predicted octanol–water partition coefficient (Wildman–Crippen LogP) is 1.92. The maximum atomic E-state index is 12.8. The minimum atomic E-state index is -4.61. The third kappa shape index (κ3) is 4.18. The van der Waals surface area contributed by atoms with Gasteiger partial charge in [0.25, 0.3) is 0 Å². The molecule has 0 saturated carbocycles. The van der Waals surface area contributed by atoms with Gasteiger partial charge in [-0.1, -0.05) is 12.2 Å². The van der Waals surface area contributed by atoms with Crippen LogP contribution in [0.15, 0.2) is 18.2 Å². The number of rotatable bonds is 4. The SMILES string of the molecule is COCC(=O)Nc1ccc(C(N)=S)c(C(F)(F)F)c1. The number of benzene rings is 1. The maximum absolute atomic E-state index is 12.8. The average Bonchev–Trinajstić information content (AvgIpc) is 2.27. The Bertz CT molecular complexity index is 503. The molecule has 0 bridgehead atoms. The van der Waals surface area contributed by atoms with E-state index in [1.165, 1.54) is 13.2 Å². The van der Waals surface area contributed by atoms with Crippen molar-refractivity contribution in [3.05, 3.63) is 29.3 Å². The van der Waals surface area contributed by atoms with Crippen LogP contribution in [-0.2, 0) is 15.7 Å². The molecule has 0 atom stereocenters. The van der Waals surface area contributed by atoms with E-state index in [4.69, 9.17) is 5.73 Å². The summed E-state index contributed by atoms with van der Waals surface area (Å²) < 4.78 is 43.0. The standard InChI is InChI=1S/C11H11F3N2O2S/c1-18-5-9(17)16-6-2-3-7(10(15)19)8(4-6)11(12,13)14/h2-4H,5H2,1H3,(H2,15,19)(H,16,17). The second-order valence-corrected chi connectivity index (χ2v) is 4.04. The van der Waals surface area contributed by atoms with Crippen molar-refractivity contribution in [3.8, 4) is 0 Å². The molecule has 8 heteroatoms. The van der Waals surface area contributed by atoms with E-state index in [1.807, 2.05) is 0 Å². The van der Waals surface area contributed by atoms with Gasteiger partial charge in [0.15, 0.2) is 0 Å². The molecule has 0 aliphatic rings. The third-order valence-corrected chi connectivity index (χ3v) is 2.37. The minimum absolute atomic E-state index is 0.00521. The van der Waals surface area contributed by atoms with Crippen LogP contribution in [0.25, 0.3) is 0 Å². The van der Waals surface area contributed by atoms with Gasteiger partial charge >= 0.3 is 6.18 Å². The smallest absolute Gasteiger partial charge is 0.389 e. The molecule has 0 unspecified atom stereocenters. The van der Waals surface area contributed by atoms with Gasteiger partial charge in [-0.25, -0.2) is 0 Å². The van der Waals surface area contributed by atoms with Crippen molar-refractivity contribution in [1.29, 1.82) is 0 Å². The van der Waals surface area contributed by atoms with Crippen LogP contribution in [0.4, 0.5) is 18.9 Å². The first-order valence-electron chi connectivity index (χ1n) is 5.05. The van der Waals surface area contributed by atoms with Gasteiger partial charge < -0.3 is 15.8 Å². The normalized spacial score (nSPS) is 11.2. The first kappa shape index (κ1) is 15.4. The molecule has 0 heterocycles. The van der Waals surface area contributed by atoms with Crippen molar-refractivity contribution in [1.82, 2.24) is 0 Å². The Morgan fingerprint density at radius 2 is 2.11 bits per heavy atom. The minimum Gasteiger partial charge on any atom is -0.389 e. The first-order valence-corrected chi connectivity index (χ1v) is 5.46. The Morgan fingerprint density at radius 1 is 1.47 bits per heavy atom. The number of carbonyl (C=O) groups is 1. The van der Waals surface area contributed by atoms with Gasteiger partial charge in [-0.05, 0) is 18.2 Å². The van der Waals surface area contributed by atoms with Crippen molar-refractivity contribution < 1.29 is 22.7 Å². The lowest BCUT2D eigenvalue weighted by atomic mass is 10.1. The second-order valence-electron chi connectivity index (χ2n) is 3.60. The Kier molecular flexibility index (Phi) is 4.84. The van der Waals surface area contributed by atoms with Crippen LogP contribution in [0.3, 0.4) is 0 Å². The monoisotopic (exact) mass is 292 g/mol. The van der Waals surface area contributed by atoms with E-state index < -0.39 is 17.6 Å².